The number of carboxylic acid groups (broad SMARTS) is 1. The van der Waals surface area contributed by atoms with Gasteiger partial charge in [0.15, 0.2) is 0 Å². The molecular formula is C13H12FNO2. The van der Waals surface area contributed by atoms with Crippen molar-refractivity contribution in [2.24, 2.45) is 5.73 Å². The van der Waals surface area contributed by atoms with Crippen molar-refractivity contribution < 1.29 is 14.3 Å². The highest BCUT2D eigenvalue weighted by Crippen LogP contribution is 2.26. The van der Waals surface area contributed by atoms with Crippen molar-refractivity contribution in [1.82, 2.24) is 0 Å². The number of rotatable bonds is 3. The molecule has 0 fully saturated rings. The van der Waals surface area contributed by atoms with Crippen LogP contribution in [0.25, 0.3) is 10.8 Å². The van der Waals surface area contributed by atoms with Gasteiger partial charge in [-0.05, 0) is 17.0 Å². The number of hydrogen-bond acceptors (Lipinski definition) is 2. The zero-order chi connectivity index (χ0) is 12.4. The Kier molecular flexibility index (Phi) is 3.06. The van der Waals surface area contributed by atoms with Gasteiger partial charge in [0.2, 0.25) is 0 Å². The van der Waals surface area contributed by atoms with Crippen LogP contribution < -0.4 is 5.73 Å². The van der Waals surface area contributed by atoms with E-state index >= 15 is 0 Å². The number of benzene rings is 2. The van der Waals surface area contributed by atoms with E-state index in [0.717, 1.165) is 0 Å². The molecular weight excluding hydrogens is 221 g/mol. The maximum Gasteiger partial charge on any atom is 0.305 e. The van der Waals surface area contributed by atoms with Crippen molar-refractivity contribution >= 4 is 16.7 Å². The highest BCUT2D eigenvalue weighted by molar-refractivity contribution is 5.87. The van der Waals surface area contributed by atoms with E-state index in [1.165, 1.54) is 6.07 Å². The Hall–Kier alpha value is -1.94. The van der Waals surface area contributed by atoms with Crippen molar-refractivity contribution in [1.29, 1.82) is 0 Å². The van der Waals surface area contributed by atoms with Crippen molar-refractivity contribution in [3.05, 3.63) is 47.8 Å². The van der Waals surface area contributed by atoms with Crippen LogP contribution >= 0.6 is 0 Å². The molecule has 0 saturated heterocycles. The molecule has 0 heterocycles. The second-order valence-electron chi connectivity index (χ2n) is 3.89. The second-order valence-corrected chi connectivity index (χ2v) is 3.89. The zero-order valence-corrected chi connectivity index (χ0v) is 9.06. The van der Waals surface area contributed by atoms with Gasteiger partial charge in [-0.3, -0.25) is 4.79 Å². The van der Waals surface area contributed by atoms with Crippen LogP contribution in [0, 0.1) is 5.82 Å². The van der Waals surface area contributed by atoms with Gasteiger partial charge in [-0.2, -0.15) is 0 Å². The summed E-state index contributed by atoms with van der Waals surface area (Å²) in [6, 6.07) is 9.15. The maximum atomic E-state index is 13.5. The molecule has 0 aliphatic heterocycles. The Balaban J connectivity index is 2.55. The van der Waals surface area contributed by atoms with Crippen LogP contribution in [0.15, 0.2) is 36.4 Å². The third-order valence-electron chi connectivity index (χ3n) is 2.70. The van der Waals surface area contributed by atoms with E-state index in [1.54, 1.807) is 30.3 Å². The predicted octanol–water partition coefficient (Wildman–Crippen LogP) is 2.45. The largest absolute Gasteiger partial charge is 0.481 e. The minimum Gasteiger partial charge on any atom is -0.481 e. The number of aliphatic carboxylic acids is 1. The fourth-order valence-electron chi connectivity index (χ4n) is 1.91. The summed E-state index contributed by atoms with van der Waals surface area (Å²) >= 11 is 0. The number of hydrogen-bond donors (Lipinski definition) is 2. The topological polar surface area (TPSA) is 63.3 Å². The number of carboxylic acids is 1. The maximum absolute atomic E-state index is 13.5. The Morgan fingerprint density at radius 2 is 1.88 bits per heavy atom. The van der Waals surface area contributed by atoms with E-state index in [9.17, 15) is 9.18 Å². The lowest BCUT2D eigenvalue weighted by Crippen LogP contribution is -2.15. The first-order valence-electron chi connectivity index (χ1n) is 5.24. The van der Waals surface area contributed by atoms with Crippen LogP contribution in [0.3, 0.4) is 0 Å². The molecule has 17 heavy (non-hydrogen) atoms. The van der Waals surface area contributed by atoms with Crippen molar-refractivity contribution in [3.63, 3.8) is 0 Å². The minimum atomic E-state index is -0.967. The molecule has 0 saturated carbocycles. The molecule has 0 unspecified atom stereocenters. The molecule has 0 bridgehead atoms. The van der Waals surface area contributed by atoms with Gasteiger partial charge in [0.25, 0.3) is 0 Å². The average molecular weight is 233 g/mol. The summed E-state index contributed by atoms with van der Waals surface area (Å²) in [7, 11) is 0. The summed E-state index contributed by atoms with van der Waals surface area (Å²) in [6.07, 6.45) is -0.171. The third-order valence-corrected chi connectivity index (χ3v) is 2.70. The van der Waals surface area contributed by atoms with E-state index in [4.69, 9.17) is 10.8 Å². The Morgan fingerprint density at radius 1 is 1.24 bits per heavy atom. The molecule has 0 spiro atoms. The lowest BCUT2D eigenvalue weighted by atomic mass is 9.97. The van der Waals surface area contributed by atoms with Crippen LogP contribution in [0.2, 0.25) is 0 Å². The van der Waals surface area contributed by atoms with Gasteiger partial charge >= 0.3 is 5.97 Å². The fraction of sp³-hybridized carbons (Fsp3) is 0.154. The van der Waals surface area contributed by atoms with E-state index < -0.39 is 12.0 Å². The van der Waals surface area contributed by atoms with Crippen molar-refractivity contribution in [2.45, 2.75) is 12.5 Å². The highest BCUT2D eigenvalue weighted by Gasteiger charge is 2.14. The molecule has 1 atom stereocenters. The van der Waals surface area contributed by atoms with Gasteiger partial charge in [-0.15, -0.1) is 0 Å². The summed E-state index contributed by atoms with van der Waals surface area (Å²) in [6.45, 7) is 0. The zero-order valence-electron chi connectivity index (χ0n) is 9.06. The Labute approximate surface area is 97.7 Å². The molecule has 0 aliphatic rings. The number of fused-ring (bicyclic) bond motifs is 1. The van der Waals surface area contributed by atoms with Crippen molar-refractivity contribution in [3.8, 4) is 0 Å². The molecule has 0 amide bonds. The van der Waals surface area contributed by atoms with Gasteiger partial charge in [0.1, 0.15) is 5.82 Å². The molecule has 88 valence electrons. The first-order valence-corrected chi connectivity index (χ1v) is 5.24. The summed E-state index contributed by atoms with van der Waals surface area (Å²) in [5.74, 6) is -1.29. The van der Waals surface area contributed by atoms with Crippen LogP contribution in [-0.2, 0) is 4.79 Å². The molecule has 3 nitrogen and oxygen atoms in total. The van der Waals surface area contributed by atoms with Crippen LogP contribution in [0.1, 0.15) is 18.0 Å². The molecule has 2 aromatic carbocycles. The second kappa shape index (κ2) is 4.51. The quantitative estimate of drug-likeness (QED) is 0.855. The first kappa shape index (κ1) is 11.5. The lowest BCUT2D eigenvalue weighted by Gasteiger charge is -2.13. The average Bonchev–Trinajstić information content (AvgIpc) is 2.29. The third kappa shape index (κ3) is 2.26. The number of nitrogens with two attached hydrogens (primary N) is 1. The predicted molar refractivity (Wildman–Crippen MR) is 63.1 cm³/mol. The normalized spacial score (nSPS) is 12.6. The van der Waals surface area contributed by atoms with Gasteiger partial charge in [-0.1, -0.05) is 30.3 Å². The summed E-state index contributed by atoms with van der Waals surface area (Å²) in [5, 5.41) is 9.85. The molecule has 2 rings (SSSR count). The van der Waals surface area contributed by atoms with E-state index in [1.807, 2.05) is 0 Å². The smallest absolute Gasteiger partial charge is 0.305 e. The highest BCUT2D eigenvalue weighted by atomic mass is 19.1. The molecule has 0 radical (unpaired) electrons. The fourth-order valence-corrected chi connectivity index (χ4v) is 1.91. The van der Waals surface area contributed by atoms with Crippen LogP contribution in [-0.4, -0.2) is 11.1 Å². The van der Waals surface area contributed by atoms with Crippen molar-refractivity contribution in [2.75, 3.05) is 0 Å². The summed E-state index contributed by atoms with van der Waals surface area (Å²) < 4.78 is 13.5. The number of carbonyl (C=O) groups is 1. The van der Waals surface area contributed by atoms with E-state index in [-0.39, 0.29) is 12.2 Å². The lowest BCUT2D eigenvalue weighted by molar-refractivity contribution is -0.137. The van der Waals surface area contributed by atoms with Gasteiger partial charge in [0.05, 0.1) is 6.42 Å². The van der Waals surface area contributed by atoms with Crippen LogP contribution in [0.5, 0.6) is 0 Å². The van der Waals surface area contributed by atoms with Gasteiger partial charge in [-0.25, -0.2) is 4.39 Å². The first-order chi connectivity index (χ1) is 8.09. The number of halogens is 1. The van der Waals surface area contributed by atoms with E-state index in [0.29, 0.717) is 16.3 Å². The van der Waals surface area contributed by atoms with Crippen LogP contribution in [0.4, 0.5) is 4.39 Å². The van der Waals surface area contributed by atoms with E-state index in [2.05, 4.69) is 0 Å². The monoisotopic (exact) mass is 233 g/mol. The molecule has 0 aromatic heterocycles. The molecule has 3 N–H and O–H groups in total. The molecule has 4 heteroatoms. The summed E-state index contributed by atoms with van der Waals surface area (Å²) in [4.78, 5) is 10.6. The Bertz CT molecular complexity index is 568. The summed E-state index contributed by atoms with van der Waals surface area (Å²) in [5.41, 5.74) is 6.47. The minimum absolute atomic E-state index is 0.171. The van der Waals surface area contributed by atoms with Gasteiger partial charge < -0.3 is 10.8 Å². The standard InChI is InChI=1S/C13H12FNO2/c14-11-6-5-10(12(15)7-13(16)17)8-3-1-2-4-9(8)11/h1-6,12H,7,15H2,(H,16,17)/t12-/m0/s1. The Morgan fingerprint density at radius 3 is 2.53 bits per heavy atom. The SMILES string of the molecule is N[C@@H](CC(=O)O)c1ccc(F)c2ccccc12. The van der Waals surface area contributed by atoms with Gasteiger partial charge in [0, 0.05) is 11.4 Å². The molecule has 0 aliphatic carbocycles. The molecule has 2 aromatic rings.